The molecule has 84 valence electrons. The van der Waals surface area contributed by atoms with E-state index < -0.39 is 23.3 Å². The van der Waals surface area contributed by atoms with E-state index in [1.807, 2.05) is 6.92 Å². The van der Waals surface area contributed by atoms with Gasteiger partial charge in [0, 0.05) is 0 Å². The summed E-state index contributed by atoms with van der Waals surface area (Å²) in [6, 6.07) is 0. The molecule has 0 spiro atoms. The van der Waals surface area contributed by atoms with Gasteiger partial charge in [-0.05, 0) is 24.7 Å². The van der Waals surface area contributed by atoms with Gasteiger partial charge in [0.1, 0.15) is 0 Å². The number of aliphatic carboxylic acids is 2. The van der Waals surface area contributed by atoms with Crippen molar-refractivity contribution in [2.45, 2.75) is 32.6 Å². The SMILES string of the molecule is CC1CCCC1C1(C(=O)O)CC1C(=O)O. The van der Waals surface area contributed by atoms with Crippen LogP contribution in [0.2, 0.25) is 0 Å². The van der Waals surface area contributed by atoms with Crippen molar-refractivity contribution in [3.8, 4) is 0 Å². The van der Waals surface area contributed by atoms with Crippen LogP contribution in [0.3, 0.4) is 0 Å². The topological polar surface area (TPSA) is 74.6 Å². The molecule has 0 saturated heterocycles. The number of carbonyl (C=O) groups is 2. The molecule has 4 atom stereocenters. The van der Waals surface area contributed by atoms with Crippen LogP contribution in [0.5, 0.6) is 0 Å². The molecule has 2 fully saturated rings. The lowest BCUT2D eigenvalue weighted by molar-refractivity contribution is -0.152. The van der Waals surface area contributed by atoms with Crippen LogP contribution in [0.4, 0.5) is 0 Å². The molecule has 0 aromatic heterocycles. The van der Waals surface area contributed by atoms with Crippen LogP contribution < -0.4 is 0 Å². The maximum Gasteiger partial charge on any atom is 0.310 e. The Morgan fingerprint density at radius 3 is 2.27 bits per heavy atom. The Balaban J connectivity index is 2.23. The van der Waals surface area contributed by atoms with Crippen molar-refractivity contribution in [3.05, 3.63) is 0 Å². The van der Waals surface area contributed by atoms with Crippen LogP contribution in [-0.2, 0) is 9.59 Å². The first-order valence-corrected chi connectivity index (χ1v) is 5.46. The second-order valence-corrected chi connectivity index (χ2v) is 4.96. The highest BCUT2D eigenvalue weighted by Crippen LogP contribution is 2.63. The highest BCUT2D eigenvalue weighted by Gasteiger charge is 2.69. The molecule has 2 aliphatic carbocycles. The Hall–Kier alpha value is -1.06. The van der Waals surface area contributed by atoms with Gasteiger partial charge in [0.05, 0.1) is 11.3 Å². The Morgan fingerprint density at radius 2 is 1.93 bits per heavy atom. The fourth-order valence-corrected chi connectivity index (χ4v) is 3.30. The predicted molar refractivity (Wildman–Crippen MR) is 52.3 cm³/mol. The van der Waals surface area contributed by atoms with Crippen LogP contribution >= 0.6 is 0 Å². The lowest BCUT2D eigenvalue weighted by Gasteiger charge is -2.23. The van der Waals surface area contributed by atoms with E-state index in [1.165, 1.54) is 0 Å². The summed E-state index contributed by atoms with van der Waals surface area (Å²) in [6.45, 7) is 2.04. The third kappa shape index (κ3) is 1.34. The first-order valence-electron chi connectivity index (χ1n) is 5.46. The van der Waals surface area contributed by atoms with E-state index in [9.17, 15) is 14.7 Å². The van der Waals surface area contributed by atoms with Gasteiger partial charge < -0.3 is 10.2 Å². The third-order valence-corrected chi connectivity index (χ3v) is 4.22. The van der Waals surface area contributed by atoms with Gasteiger partial charge in [-0.1, -0.05) is 19.8 Å². The Labute approximate surface area is 88.3 Å². The lowest BCUT2D eigenvalue weighted by Crippen LogP contribution is -2.31. The molecule has 15 heavy (non-hydrogen) atoms. The minimum atomic E-state index is -0.948. The van der Waals surface area contributed by atoms with Gasteiger partial charge >= 0.3 is 11.9 Å². The molecule has 2 aliphatic rings. The highest BCUT2D eigenvalue weighted by atomic mass is 16.4. The van der Waals surface area contributed by atoms with E-state index in [-0.39, 0.29) is 5.92 Å². The maximum absolute atomic E-state index is 11.3. The number of carboxylic acid groups (broad SMARTS) is 2. The molecule has 2 rings (SSSR count). The van der Waals surface area contributed by atoms with Crippen molar-refractivity contribution in [2.75, 3.05) is 0 Å². The molecule has 0 aromatic rings. The summed E-state index contributed by atoms with van der Waals surface area (Å²) < 4.78 is 0. The lowest BCUT2D eigenvalue weighted by atomic mass is 9.80. The van der Waals surface area contributed by atoms with Crippen molar-refractivity contribution in [3.63, 3.8) is 0 Å². The molecule has 0 amide bonds. The first-order chi connectivity index (χ1) is 7.00. The quantitative estimate of drug-likeness (QED) is 0.745. The summed E-state index contributed by atoms with van der Waals surface area (Å²) in [7, 11) is 0. The van der Waals surface area contributed by atoms with Gasteiger partial charge in [-0.15, -0.1) is 0 Å². The summed E-state index contributed by atoms with van der Waals surface area (Å²) in [4.78, 5) is 22.1. The molecular weight excluding hydrogens is 196 g/mol. The second-order valence-electron chi connectivity index (χ2n) is 4.96. The molecule has 2 saturated carbocycles. The molecule has 0 radical (unpaired) electrons. The molecule has 0 aliphatic heterocycles. The smallest absolute Gasteiger partial charge is 0.310 e. The Kier molecular flexibility index (Phi) is 2.24. The second kappa shape index (κ2) is 3.22. The number of hydrogen-bond acceptors (Lipinski definition) is 2. The van der Waals surface area contributed by atoms with E-state index >= 15 is 0 Å². The molecule has 0 aromatic carbocycles. The Bertz CT molecular complexity index is 312. The zero-order chi connectivity index (χ0) is 11.2. The molecule has 4 heteroatoms. The molecule has 0 heterocycles. The van der Waals surface area contributed by atoms with Crippen molar-refractivity contribution >= 4 is 11.9 Å². The summed E-state index contributed by atoms with van der Waals surface area (Å²) in [6.07, 6.45) is 3.27. The number of rotatable bonds is 3. The molecule has 4 unspecified atom stereocenters. The molecular formula is C11H16O4. The molecule has 0 bridgehead atoms. The highest BCUT2D eigenvalue weighted by molar-refractivity contribution is 5.89. The first kappa shape index (κ1) is 10.5. The van der Waals surface area contributed by atoms with Crippen molar-refractivity contribution < 1.29 is 19.8 Å². The average Bonchev–Trinajstić information content (AvgIpc) is 2.78. The van der Waals surface area contributed by atoms with Crippen LogP contribution in [-0.4, -0.2) is 22.2 Å². The van der Waals surface area contributed by atoms with Gasteiger partial charge in [0.15, 0.2) is 0 Å². The van der Waals surface area contributed by atoms with Crippen LogP contribution in [0, 0.1) is 23.2 Å². The minimum Gasteiger partial charge on any atom is -0.481 e. The largest absolute Gasteiger partial charge is 0.481 e. The summed E-state index contributed by atoms with van der Waals surface area (Å²) in [5, 5.41) is 18.2. The van der Waals surface area contributed by atoms with Gasteiger partial charge in [-0.25, -0.2) is 0 Å². The summed E-state index contributed by atoms with van der Waals surface area (Å²) >= 11 is 0. The van der Waals surface area contributed by atoms with Gasteiger partial charge in [-0.2, -0.15) is 0 Å². The fourth-order valence-electron chi connectivity index (χ4n) is 3.30. The zero-order valence-corrected chi connectivity index (χ0v) is 8.77. The normalized spacial score (nSPS) is 43.9. The maximum atomic E-state index is 11.3. The van der Waals surface area contributed by atoms with Crippen LogP contribution in [0.1, 0.15) is 32.6 Å². The summed E-state index contributed by atoms with van der Waals surface area (Å²) in [5.74, 6) is -2.09. The van der Waals surface area contributed by atoms with Crippen molar-refractivity contribution in [2.24, 2.45) is 23.2 Å². The predicted octanol–water partition coefficient (Wildman–Crippen LogP) is 1.60. The number of hydrogen-bond donors (Lipinski definition) is 2. The van der Waals surface area contributed by atoms with Gasteiger partial charge in [0.2, 0.25) is 0 Å². The van der Waals surface area contributed by atoms with E-state index in [0.29, 0.717) is 12.3 Å². The van der Waals surface area contributed by atoms with Gasteiger partial charge in [-0.3, -0.25) is 9.59 Å². The molecule has 4 nitrogen and oxygen atoms in total. The van der Waals surface area contributed by atoms with Crippen molar-refractivity contribution in [1.29, 1.82) is 0 Å². The monoisotopic (exact) mass is 212 g/mol. The third-order valence-electron chi connectivity index (χ3n) is 4.22. The Morgan fingerprint density at radius 1 is 1.27 bits per heavy atom. The van der Waals surface area contributed by atoms with Crippen LogP contribution in [0.15, 0.2) is 0 Å². The average molecular weight is 212 g/mol. The number of carboxylic acids is 2. The zero-order valence-electron chi connectivity index (χ0n) is 8.77. The summed E-state index contributed by atoms with van der Waals surface area (Å²) in [5.41, 5.74) is -0.943. The van der Waals surface area contributed by atoms with E-state index in [2.05, 4.69) is 0 Å². The van der Waals surface area contributed by atoms with Gasteiger partial charge in [0.25, 0.3) is 0 Å². The van der Waals surface area contributed by atoms with E-state index in [4.69, 9.17) is 5.11 Å². The van der Waals surface area contributed by atoms with E-state index in [1.54, 1.807) is 0 Å². The van der Waals surface area contributed by atoms with Crippen molar-refractivity contribution in [1.82, 2.24) is 0 Å². The fraction of sp³-hybridized carbons (Fsp3) is 0.818. The molecule has 2 N–H and O–H groups in total. The van der Waals surface area contributed by atoms with Crippen LogP contribution in [0.25, 0.3) is 0 Å². The minimum absolute atomic E-state index is 0.0658. The van der Waals surface area contributed by atoms with E-state index in [0.717, 1.165) is 19.3 Å². The standard InChI is InChI=1S/C11H16O4/c1-6-3-2-4-7(6)11(10(14)15)5-8(11)9(12)13/h6-8H,2-5H2,1H3,(H,12,13)(H,14,15).